The Labute approximate surface area is 234 Å². The molecule has 0 bridgehead atoms. The third-order valence-electron chi connectivity index (χ3n) is 8.89. The molecule has 0 heterocycles. The number of hydrogen-bond acceptors (Lipinski definition) is 0. The minimum absolute atomic E-state index is 0.324. The van der Waals surface area contributed by atoms with Crippen LogP contribution in [0.15, 0.2) is 121 Å². The smallest absolute Gasteiger partial charge is 0.00743 e. The van der Waals surface area contributed by atoms with Gasteiger partial charge in [0.15, 0.2) is 0 Å². The SMILES string of the molecule is C1=c2ccccc2=CC(c2c3ccccc3c(C3C=c4ccccc4=CC3)c3cc(-c4ccccc4)ccc23)C1. The molecule has 0 heteroatoms. The second-order valence-electron chi connectivity index (χ2n) is 11.2. The Morgan fingerprint density at radius 2 is 0.850 bits per heavy atom. The lowest BCUT2D eigenvalue weighted by molar-refractivity contribution is 0.927. The van der Waals surface area contributed by atoms with E-state index in [1.165, 1.54) is 64.7 Å². The van der Waals surface area contributed by atoms with Crippen molar-refractivity contribution in [3.05, 3.63) is 153 Å². The Morgan fingerprint density at radius 3 is 1.45 bits per heavy atom. The van der Waals surface area contributed by atoms with Crippen LogP contribution in [0.4, 0.5) is 0 Å². The van der Waals surface area contributed by atoms with Gasteiger partial charge in [-0.15, -0.1) is 0 Å². The van der Waals surface area contributed by atoms with Crippen LogP contribution in [-0.2, 0) is 0 Å². The van der Waals surface area contributed by atoms with Gasteiger partial charge < -0.3 is 0 Å². The lowest BCUT2D eigenvalue weighted by Gasteiger charge is -2.26. The van der Waals surface area contributed by atoms with Crippen molar-refractivity contribution in [1.29, 1.82) is 0 Å². The van der Waals surface area contributed by atoms with Crippen LogP contribution in [0.1, 0.15) is 35.8 Å². The Hall–Kier alpha value is -4.68. The molecule has 190 valence electrons. The van der Waals surface area contributed by atoms with E-state index in [-0.39, 0.29) is 0 Å². The molecule has 0 saturated carbocycles. The van der Waals surface area contributed by atoms with Crippen molar-refractivity contribution in [3.8, 4) is 11.1 Å². The van der Waals surface area contributed by atoms with Gasteiger partial charge in [0.2, 0.25) is 0 Å². The molecule has 0 spiro atoms. The summed E-state index contributed by atoms with van der Waals surface area (Å²) in [5, 5.41) is 10.9. The zero-order valence-electron chi connectivity index (χ0n) is 22.4. The van der Waals surface area contributed by atoms with Crippen molar-refractivity contribution in [3.63, 3.8) is 0 Å². The van der Waals surface area contributed by atoms with E-state index in [1.807, 2.05) is 0 Å². The molecule has 0 N–H and O–H groups in total. The van der Waals surface area contributed by atoms with Gasteiger partial charge in [-0.3, -0.25) is 0 Å². The van der Waals surface area contributed by atoms with Crippen LogP contribution in [0.5, 0.6) is 0 Å². The van der Waals surface area contributed by atoms with Crippen molar-refractivity contribution < 1.29 is 0 Å². The molecule has 8 rings (SSSR count). The molecular formula is C40H30. The highest BCUT2D eigenvalue weighted by Crippen LogP contribution is 2.44. The second-order valence-corrected chi connectivity index (χ2v) is 11.2. The molecule has 40 heavy (non-hydrogen) atoms. The van der Waals surface area contributed by atoms with Crippen LogP contribution < -0.4 is 20.9 Å². The summed E-state index contributed by atoms with van der Waals surface area (Å²) >= 11 is 0. The fourth-order valence-corrected chi connectivity index (χ4v) is 7.03. The van der Waals surface area contributed by atoms with Gasteiger partial charge in [-0.1, -0.05) is 140 Å². The highest BCUT2D eigenvalue weighted by atomic mass is 14.3. The molecule has 0 aliphatic heterocycles. The molecule has 0 aromatic heterocycles. The quantitative estimate of drug-likeness (QED) is 0.222. The first kappa shape index (κ1) is 23.2. The fourth-order valence-electron chi connectivity index (χ4n) is 7.03. The van der Waals surface area contributed by atoms with Gasteiger partial charge in [-0.25, -0.2) is 0 Å². The zero-order chi connectivity index (χ0) is 26.5. The predicted octanol–water partition coefficient (Wildman–Crippen LogP) is 7.16. The lowest BCUT2D eigenvalue weighted by atomic mass is 9.78. The van der Waals surface area contributed by atoms with Crippen LogP contribution >= 0.6 is 0 Å². The monoisotopic (exact) mass is 510 g/mol. The maximum Gasteiger partial charge on any atom is 0.00743 e. The first-order chi connectivity index (χ1) is 19.8. The molecule has 2 atom stereocenters. The molecule has 6 aromatic carbocycles. The predicted molar refractivity (Wildman–Crippen MR) is 171 cm³/mol. The van der Waals surface area contributed by atoms with E-state index in [1.54, 1.807) is 0 Å². The Kier molecular flexibility index (Phi) is 5.52. The maximum absolute atomic E-state index is 2.50. The fraction of sp³-hybridized carbons (Fsp3) is 0.100. The number of hydrogen-bond donors (Lipinski definition) is 0. The van der Waals surface area contributed by atoms with Crippen molar-refractivity contribution >= 4 is 45.8 Å². The minimum atomic E-state index is 0.324. The van der Waals surface area contributed by atoms with Crippen molar-refractivity contribution in [2.75, 3.05) is 0 Å². The zero-order valence-corrected chi connectivity index (χ0v) is 22.4. The van der Waals surface area contributed by atoms with E-state index in [0.29, 0.717) is 11.8 Å². The molecular weight excluding hydrogens is 480 g/mol. The number of benzene rings is 6. The molecule has 0 fully saturated rings. The lowest BCUT2D eigenvalue weighted by Crippen LogP contribution is -2.28. The highest BCUT2D eigenvalue weighted by molar-refractivity contribution is 6.09. The summed E-state index contributed by atoms with van der Waals surface area (Å²) in [5.74, 6) is 0.659. The number of rotatable bonds is 3. The third kappa shape index (κ3) is 3.83. The molecule has 2 aliphatic carbocycles. The van der Waals surface area contributed by atoms with Gasteiger partial charge in [-0.05, 0) is 83.6 Å². The summed E-state index contributed by atoms with van der Waals surface area (Å²) < 4.78 is 0. The Morgan fingerprint density at radius 1 is 0.375 bits per heavy atom. The normalized spacial score (nSPS) is 17.6. The Bertz CT molecular complexity index is 2170. The van der Waals surface area contributed by atoms with Crippen molar-refractivity contribution in [2.24, 2.45) is 0 Å². The molecule has 6 aromatic rings. The third-order valence-corrected chi connectivity index (χ3v) is 8.89. The van der Waals surface area contributed by atoms with Gasteiger partial charge in [0.1, 0.15) is 0 Å². The molecule has 0 radical (unpaired) electrons. The standard InChI is InChI=1S/C40H30/c1-2-10-27(11-3-1)32-22-23-37-38(26-32)40(34-21-19-29-13-5-7-15-31(29)25-34)36-17-9-8-16-35(36)39(37)33-20-18-28-12-4-6-14-30(28)24-33/h1-19,22-26,33-34H,20-21H2. The second kappa shape index (κ2) is 9.50. The Balaban J connectivity index is 1.45. The summed E-state index contributed by atoms with van der Waals surface area (Å²) in [6.45, 7) is 0. The summed E-state index contributed by atoms with van der Waals surface area (Å²) in [6.07, 6.45) is 11.9. The van der Waals surface area contributed by atoms with Crippen LogP contribution in [0.25, 0.3) is 57.0 Å². The van der Waals surface area contributed by atoms with E-state index < -0.39 is 0 Å². The summed E-state index contributed by atoms with van der Waals surface area (Å²) in [6, 6.07) is 44.7. The summed E-state index contributed by atoms with van der Waals surface area (Å²) in [4.78, 5) is 0. The average Bonchev–Trinajstić information content (AvgIpc) is 3.03. The van der Waals surface area contributed by atoms with E-state index in [4.69, 9.17) is 0 Å². The molecule has 2 aliphatic rings. The van der Waals surface area contributed by atoms with Crippen LogP contribution in [-0.4, -0.2) is 0 Å². The van der Waals surface area contributed by atoms with E-state index >= 15 is 0 Å². The average molecular weight is 511 g/mol. The summed E-state index contributed by atoms with van der Waals surface area (Å²) in [5.41, 5.74) is 5.46. The molecule has 2 unspecified atom stereocenters. The van der Waals surface area contributed by atoms with Gasteiger partial charge >= 0.3 is 0 Å². The van der Waals surface area contributed by atoms with Gasteiger partial charge in [0, 0.05) is 11.8 Å². The largest absolute Gasteiger partial charge is 0.0758 e. The molecule has 0 nitrogen and oxygen atoms in total. The van der Waals surface area contributed by atoms with E-state index in [0.717, 1.165) is 12.8 Å². The van der Waals surface area contributed by atoms with Crippen molar-refractivity contribution in [1.82, 2.24) is 0 Å². The van der Waals surface area contributed by atoms with Gasteiger partial charge in [0.05, 0.1) is 0 Å². The topological polar surface area (TPSA) is 0 Å². The first-order valence-electron chi connectivity index (χ1n) is 14.4. The first-order valence-corrected chi connectivity index (χ1v) is 14.4. The van der Waals surface area contributed by atoms with Gasteiger partial charge in [0.25, 0.3) is 0 Å². The molecule has 0 saturated heterocycles. The molecule has 0 amide bonds. The highest BCUT2D eigenvalue weighted by Gasteiger charge is 2.24. The van der Waals surface area contributed by atoms with Crippen LogP contribution in [0.2, 0.25) is 0 Å². The van der Waals surface area contributed by atoms with E-state index in [9.17, 15) is 0 Å². The number of fused-ring (bicyclic) bond motifs is 4. The van der Waals surface area contributed by atoms with E-state index in [2.05, 4.69) is 146 Å². The maximum atomic E-state index is 2.50. The minimum Gasteiger partial charge on any atom is -0.0758 e. The van der Waals surface area contributed by atoms with Crippen molar-refractivity contribution in [2.45, 2.75) is 24.7 Å². The van der Waals surface area contributed by atoms with Gasteiger partial charge in [-0.2, -0.15) is 0 Å². The van der Waals surface area contributed by atoms with Crippen LogP contribution in [0.3, 0.4) is 0 Å². The van der Waals surface area contributed by atoms with Crippen LogP contribution in [0, 0.1) is 0 Å². The summed E-state index contributed by atoms with van der Waals surface area (Å²) in [7, 11) is 0.